The van der Waals surface area contributed by atoms with Crippen LogP contribution in [0.25, 0.3) is 0 Å². The lowest BCUT2D eigenvalue weighted by Gasteiger charge is -2.26. The predicted molar refractivity (Wildman–Crippen MR) is 57.8 cm³/mol. The summed E-state index contributed by atoms with van der Waals surface area (Å²) in [5, 5.41) is 12.4. The van der Waals surface area contributed by atoms with Crippen LogP contribution >= 0.6 is 0 Å². The molecule has 1 rings (SSSR count). The first-order valence-electron chi connectivity index (χ1n) is 5.51. The Morgan fingerprint density at radius 2 is 2.33 bits per heavy atom. The number of carboxylic acid groups (broad SMARTS) is 1. The van der Waals surface area contributed by atoms with Gasteiger partial charge in [-0.2, -0.15) is 0 Å². The minimum atomic E-state index is -0.976. The molecule has 1 saturated carbocycles. The van der Waals surface area contributed by atoms with Gasteiger partial charge in [0.25, 0.3) is 0 Å². The highest BCUT2D eigenvalue weighted by molar-refractivity contribution is 5.87. The van der Waals surface area contributed by atoms with Gasteiger partial charge in [0.1, 0.15) is 0 Å². The number of hydrogen-bond donors (Lipinski definition) is 1. The maximum absolute atomic E-state index is 10.3. The van der Waals surface area contributed by atoms with E-state index in [4.69, 9.17) is 9.94 Å². The number of carbonyl (C=O) groups is 1. The van der Waals surface area contributed by atoms with Gasteiger partial charge in [-0.25, -0.2) is 4.79 Å². The molecule has 4 nitrogen and oxygen atoms in total. The van der Waals surface area contributed by atoms with E-state index in [2.05, 4.69) is 19.0 Å². The van der Waals surface area contributed by atoms with Crippen LogP contribution in [0.3, 0.4) is 0 Å². The highest BCUT2D eigenvalue weighted by atomic mass is 16.6. The fraction of sp³-hybridized carbons (Fsp3) is 0.818. The summed E-state index contributed by atoms with van der Waals surface area (Å²) in [4.78, 5) is 15.1. The van der Waals surface area contributed by atoms with Crippen molar-refractivity contribution in [1.29, 1.82) is 0 Å². The third-order valence-corrected chi connectivity index (χ3v) is 2.80. The smallest absolute Gasteiger partial charge is 0.344 e. The van der Waals surface area contributed by atoms with Gasteiger partial charge in [-0.15, -0.1) is 0 Å². The van der Waals surface area contributed by atoms with Gasteiger partial charge in [0, 0.05) is 5.92 Å². The summed E-state index contributed by atoms with van der Waals surface area (Å²) >= 11 is 0. The Balaban J connectivity index is 2.51. The Labute approximate surface area is 90.3 Å². The van der Waals surface area contributed by atoms with E-state index in [1.807, 2.05) is 0 Å². The topological polar surface area (TPSA) is 58.9 Å². The molecule has 0 aliphatic heterocycles. The largest absolute Gasteiger partial charge is 0.479 e. The number of aliphatic carboxylic acids is 1. The van der Waals surface area contributed by atoms with E-state index >= 15 is 0 Å². The van der Waals surface area contributed by atoms with Crippen molar-refractivity contribution < 1.29 is 14.7 Å². The summed E-state index contributed by atoms with van der Waals surface area (Å²) in [6.45, 7) is 4.00. The molecular formula is C11H19NO3. The molecule has 1 unspecified atom stereocenters. The molecule has 1 aliphatic carbocycles. The highest BCUT2D eigenvalue weighted by Gasteiger charge is 2.23. The standard InChI is InChI=1S/C11H19NO3/c1-8(2)9-5-3-4-6-10(9)12-15-7-11(13)14/h8-9H,3-7H2,1-2H3,(H,13,14). The number of carboxylic acids is 1. The molecular weight excluding hydrogens is 194 g/mol. The molecule has 86 valence electrons. The molecule has 1 N–H and O–H groups in total. The summed E-state index contributed by atoms with van der Waals surface area (Å²) in [5.74, 6) is 0.0429. The average Bonchev–Trinajstić information content (AvgIpc) is 2.17. The summed E-state index contributed by atoms with van der Waals surface area (Å²) in [6, 6.07) is 0. The van der Waals surface area contributed by atoms with Crippen molar-refractivity contribution in [3.05, 3.63) is 0 Å². The molecule has 0 radical (unpaired) electrons. The van der Waals surface area contributed by atoms with Crippen molar-refractivity contribution >= 4 is 11.7 Å². The first-order chi connectivity index (χ1) is 7.11. The molecule has 0 spiro atoms. The van der Waals surface area contributed by atoms with E-state index in [0.717, 1.165) is 25.0 Å². The van der Waals surface area contributed by atoms with Crippen molar-refractivity contribution in [1.82, 2.24) is 0 Å². The van der Waals surface area contributed by atoms with Crippen LogP contribution in [0.2, 0.25) is 0 Å². The number of hydrogen-bond acceptors (Lipinski definition) is 3. The van der Waals surface area contributed by atoms with Crippen LogP contribution in [-0.4, -0.2) is 23.4 Å². The van der Waals surface area contributed by atoms with Gasteiger partial charge in [-0.1, -0.05) is 25.4 Å². The molecule has 0 saturated heterocycles. The van der Waals surface area contributed by atoms with Crippen LogP contribution in [0.5, 0.6) is 0 Å². The molecule has 0 aromatic rings. The second kappa shape index (κ2) is 5.73. The summed E-state index contributed by atoms with van der Waals surface area (Å²) < 4.78 is 0. The van der Waals surface area contributed by atoms with Crippen molar-refractivity contribution in [3.8, 4) is 0 Å². The van der Waals surface area contributed by atoms with Gasteiger partial charge in [0.2, 0.25) is 6.61 Å². The Kier molecular flexibility index (Phi) is 4.59. The van der Waals surface area contributed by atoms with Crippen LogP contribution in [0.1, 0.15) is 39.5 Å². The van der Waals surface area contributed by atoms with E-state index in [0.29, 0.717) is 11.8 Å². The van der Waals surface area contributed by atoms with E-state index in [1.165, 1.54) is 6.42 Å². The molecule has 0 aromatic carbocycles. The Morgan fingerprint density at radius 3 is 2.93 bits per heavy atom. The van der Waals surface area contributed by atoms with Crippen LogP contribution < -0.4 is 0 Å². The van der Waals surface area contributed by atoms with E-state index in [9.17, 15) is 4.79 Å². The van der Waals surface area contributed by atoms with Gasteiger partial charge in [0.05, 0.1) is 5.71 Å². The molecule has 15 heavy (non-hydrogen) atoms. The third-order valence-electron chi connectivity index (χ3n) is 2.80. The van der Waals surface area contributed by atoms with Crippen LogP contribution in [0.4, 0.5) is 0 Å². The Bertz CT molecular complexity index is 248. The maximum Gasteiger partial charge on any atom is 0.344 e. The minimum Gasteiger partial charge on any atom is -0.479 e. The summed E-state index contributed by atoms with van der Waals surface area (Å²) in [7, 11) is 0. The minimum absolute atomic E-state index is 0.339. The Morgan fingerprint density at radius 1 is 1.60 bits per heavy atom. The molecule has 0 amide bonds. The lowest BCUT2D eigenvalue weighted by Crippen LogP contribution is -2.24. The normalized spacial score (nSPS) is 24.5. The molecule has 1 aliphatic rings. The van der Waals surface area contributed by atoms with Gasteiger partial charge < -0.3 is 9.94 Å². The number of oxime groups is 1. The lowest BCUT2D eigenvalue weighted by atomic mass is 9.80. The summed E-state index contributed by atoms with van der Waals surface area (Å²) in [6.07, 6.45) is 4.47. The second-order valence-electron chi connectivity index (χ2n) is 4.35. The van der Waals surface area contributed by atoms with Gasteiger partial charge in [-0.05, 0) is 25.2 Å². The Hall–Kier alpha value is -1.06. The predicted octanol–water partition coefficient (Wildman–Crippen LogP) is 2.29. The molecule has 0 heterocycles. The molecule has 4 heteroatoms. The van der Waals surface area contributed by atoms with Crippen LogP contribution in [0, 0.1) is 11.8 Å². The first kappa shape index (κ1) is 12.0. The van der Waals surface area contributed by atoms with Crippen LogP contribution in [-0.2, 0) is 9.63 Å². The van der Waals surface area contributed by atoms with Crippen LogP contribution in [0.15, 0.2) is 5.16 Å². The van der Waals surface area contributed by atoms with Gasteiger partial charge in [-0.3, -0.25) is 0 Å². The van der Waals surface area contributed by atoms with Crippen molar-refractivity contribution in [2.45, 2.75) is 39.5 Å². The second-order valence-corrected chi connectivity index (χ2v) is 4.35. The van der Waals surface area contributed by atoms with E-state index in [1.54, 1.807) is 0 Å². The fourth-order valence-electron chi connectivity index (χ4n) is 2.02. The average molecular weight is 213 g/mol. The molecule has 0 aromatic heterocycles. The van der Waals surface area contributed by atoms with Gasteiger partial charge in [0.15, 0.2) is 0 Å². The number of nitrogens with zero attached hydrogens (tertiary/aromatic N) is 1. The first-order valence-corrected chi connectivity index (χ1v) is 5.51. The quantitative estimate of drug-likeness (QED) is 0.729. The lowest BCUT2D eigenvalue weighted by molar-refractivity contribution is -0.142. The third kappa shape index (κ3) is 3.90. The monoisotopic (exact) mass is 213 g/mol. The highest BCUT2D eigenvalue weighted by Crippen LogP contribution is 2.27. The van der Waals surface area contributed by atoms with Gasteiger partial charge >= 0.3 is 5.97 Å². The maximum atomic E-state index is 10.3. The molecule has 0 bridgehead atoms. The van der Waals surface area contributed by atoms with E-state index < -0.39 is 5.97 Å². The summed E-state index contributed by atoms with van der Waals surface area (Å²) in [5.41, 5.74) is 1.04. The molecule has 1 atom stereocenters. The van der Waals surface area contributed by atoms with E-state index in [-0.39, 0.29) is 6.61 Å². The SMILES string of the molecule is CC(C)C1CCCCC1=NOCC(=O)O. The zero-order valence-corrected chi connectivity index (χ0v) is 9.40. The van der Waals surface area contributed by atoms with Crippen molar-refractivity contribution in [2.24, 2.45) is 17.0 Å². The fourth-order valence-corrected chi connectivity index (χ4v) is 2.02. The molecule has 1 fully saturated rings. The zero-order valence-electron chi connectivity index (χ0n) is 9.40. The van der Waals surface area contributed by atoms with Crippen molar-refractivity contribution in [2.75, 3.05) is 6.61 Å². The van der Waals surface area contributed by atoms with Crippen molar-refractivity contribution in [3.63, 3.8) is 0 Å². The number of rotatable bonds is 4. The zero-order chi connectivity index (χ0) is 11.3.